The molecular weight excluding hydrogens is 412 g/mol. The van der Waals surface area contributed by atoms with Crippen molar-refractivity contribution in [2.45, 2.75) is 52.6 Å². The average Bonchev–Trinajstić information content (AvgIpc) is 2.83. The molecule has 5 nitrogen and oxygen atoms in total. The maximum Gasteiger partial charge on any atom is 0.261 e. The van der Waals surface area contributed by atoms with E-state index in [1.807, 2.05) is 80.6 Å². The van der Waals surface area contributed by atoms with Crippen LogP contribution in [0.25, 0.3) is 10.8 Å². The van der Waals surface area contributed by atoms with E-state index in [0.29, 0.717) is 25.3 Å². The van der Waals surface area contributed by atoms with Gasteiger partial charge in [0.1, 0.15) is 11.8 Å². The van der Waals surface area contributed by atoms with Crippen molar-refractivity contribution in [3.05, 3.63) is 77.9 Å². The largest absolute Gasteiger partial charge is 0.483 e. The predicted molar refractivity (Wildman–Crippen MR) is 133 cm³/mol. The molecule has 3 aromatic rings. The molecule has 174 valence electrons. The number of benzene rings is 3. The first-order valence-electron chi connectivity index (χ1n) is 11.8. The zero-order chi connectivity index (χ0) is 23.6. The van der Waals surface area contributed by atoms with Gasteiger partial charge in [-0.25, -0.2) is 0 Å². The van der Waals surface area contributed by atoms with E-state index in [0.717, 1.165) is 34.7 Å². The highest BCUT2D eigenvalue weighted by Crippen LogP contribution is 2.25. The highest BCUT2D eigenvalue weighted by molar-refractivity contribution is 5.90. The SMILES string of the molecule is CCCCNC(=O)C(CC)N(Cc1ccccc1C)C(=O)COc1cccc2ccccc12. The molecule has 1 N–H and O–H groups in total. The fraction of sp³-hybridized carbons (Fsp3) is 0.357. The van der Waals surface area contributed by atoms with Crippen molar-refractivity contribution in [1.29, 1.82) is 0 Å². The number of aryl methyl sites for hydroxylation is 1. The Labute approximate surface area is 196 Å². The van der Waals surface area contributed by atoms with Crippen molar-refractivity contribution >= 4 is 22.6 Å². The van der Waals surface area contributed by atoms with Crippen LogP contribution in [-0.4, -0.2) is 35.9 Å². The summed E-state index contributed by atoms with van der Waals surface area (Å²) in [5, 5.41) is 5.01. The zero-order valence-corrected chi connectivity index (χ0v) is 19.8. The third-order valence-electron chi connectivity index (χ3n) is 5.92. The van der Waals surface area contributed by atoms with Gasteiger partial charge in [-0.1, -0.05) is 80.9 Å². The van der Waals surface area contributed by atoms with Crippen molar-refractivity contribution in [3.63, 3.8) is 0 Å². The third-order valence-corrected chi connectivity index (χ3v) is 5.92. The van der Waals surface area contributed by atoms with Gasteiger partial charge in [0.05, 0.1) is 0 Å². The Morgan fingerprint density at radius 1 is 0.970 bits per heavy atom. The summed E-state index contributed by atoms with van der Waals surface area (Å²) in [7, 11) is 0. The summed E-state index contributed by atoms with van der Waals surface area (Å²) in [6, 6.07) is 21.1. The summed E-state index contributed by atoms with van der Waals surface area (Å²) in [5.41, 5.74) is 2.11. The van der Waals surface area contributed by atoms with Crippen LogP contribution < -0.4 is 10.1 Å². The zero-order valence-electron chi connectivity index (χ0n) is 19.8. The first-order chi connectivity index (χ1) is 16.0. The highest BCUT2D eigenvalue weighted by Gasteiger charge is 2.29. The van der Waals surface area contributed by atoms with E-state index in [-0.39, 0.29) is 18.4 Å². The number of carbonyl (C=O) groups excluding carboxylic acids is 2. The van der Waals surface area contributed by atoms with E-state index < -0.39 is 6.04 Å². The van der Waals surface area contributed by atoms with Gasteiger partial charge in [-0.2, -0.15) is 0 Å². The number of ether oxygens (including phenoxy) is 1. The van der Waals surface area contributed by atoms with Gasteiger partial charge in [0.15, 0.2) is 6.61 Å². The second kappa shape index (κ2) is 12.0. The maximum absolute atomic E-state index is 13.4. The van der Waals surface area contributed by atoms with Crippen molar-refractivity contribution in [1.82, 2.24) is 10.2 Å². The molecule has 0 saturated carbocycles. The minimum absolute atomic E-state index is 0.113. The van der Waals surface area contributed by atoms with Crippen molar-refractivity contribution in [2.24, 2.45) is 0 Å². The number of rotatable bonds is 11. The molecule has 0 aliphatic rings. The van der Waals surface area contributed by atoms with E-state index in [9.17, 15) is 9.59 Å². The molecule has 0 bridgehead atoms. The molecule has 3 aromatic carbocycles. The van der Waals surface area contributed by atoms with Gasteiger partial charge in [-0.3, -0.25) is 9.59 Å². The molecule has 0 aromatic heterocycles. The second-order valence-corrected chi connectivity index (χ2v) is 8.28. The van der Waals surface area contributed by atoms with Gasteiger partial charge in [0.25, 0.3) is 5.91 Å². The Kier molecular flexibility index (Phi) is 8.87. The van der Waals surface area contributed by atoms with Gasteiger partial charge >= 0.3 is 0 Å². The smallest absolute Gasteiger partial charge is 0.261 e. The molecule has 0 heterocycles. The molecule has 2 amide bonds. The highest BCUT2D eigenvalue weighted by atomic mass is 16.5. The molecule has 0 fully saturated rings. The molecular formula is C28H34N2O3. The molecule has 1 unspecified atom stereocenters. The predicted octanol–water partition coefficient (Wildman–Crippen LogP) is 5.25. The van der Waals surface area contributed by atoms with Crippen LogP contribution in [0.2, 0.25) is 0 Å². The second-order valence-electron chi connectivity index (χ2n) is 8.28. The van der Waals surface area contributed by atoms with Crippen LogP contribution in [-0.2, 0) is 16.1 Å². The van der Waals surface area contributed by atoms with Gasteiger partial charge in [-0.05, 0) is 42.3 Å². The van der Waals surface area contributed by atoms with E-state index in [4.69, 9.17) is 4.74 Å². The van der Waals surface area contributed by atoms with Gasteiger partial charge < -0.3 is 15.0 Å². The summed E-state index contributed by atoms with van der Waals surface area (Å²) in [6.07, 6.45) is 2.45. The molecule has 0 aliphatic carbocycles. The Hall–Kier alpha value is -3.34. The quantitative estimate of drug-likeness (QED) is 0.409. The minimum Gasteiger partial charge on any atom is -0.483 e. The number of hydrogen-bond donors (Lipinski definition) is 1. The fourth-order valence-corrected chi connectivity index (χ4v) is 3.94. The van der Waals surface area contributed by atoms with Crippen LogP contribution in [0, 0.1) is 6.92 Å². The Bertz CT molecular complexity index is 1070. The Balaban J connectivity index is 1.81. The summed E-state index contributed by atoms with van der Waals surface area (Å²) in [4.78, 5) is 28.1. The van der Waals surface area contributed by atoms with Crippen LogP contribution >= 0.6 is 0 Å². The minimum atomic E-state index is -0.551. The summed E-state index contributed by atoms with van der Waals surface area (Å²) >= 11 is 0. The lowest BCUT2D eigenvalue weighted by atomic mass is 10.1. The average molecular weight is 447 g/mol. The number of amides is 2. The van der Waals surface area contributed by atoms with Crippen LogP contribution in [0.4, 0.5) is 0 Å². The molecule has 0 aliphatic heterocycles. The lowest BCUT2D eigenvalue weighted by Crippen LogP contribution is -2.50. The van der Waals surface area contributed by atoms with E-state index in [1.165, 1.54) is 0 Å². The van der Waals surface area contributed by atoms with Crippen molar-refractivity contribution < 1.29 is 14.3 Å². The number of nitrogens with zero attached hydrogens (tertiary/aromatic N) is 1. The first kappa shape index (κ1) is 24.3. The van der Waals surface area contributed by atoms with Crippen LogP contribution in [0.15, 0.2) is 66.7 Å². The van der Waals surface area contributed by atoms with E-state index in [2.05, 4.69) is 12.2 Å². The molecule has 33 heavy (non-hydrogen) atoms. The van der Waals surface area contributed by atoms with Crippen LogP contribution in [0.1, 0.15) is 44.2 Å². The van der Waals surface area contributed by atoms with Gasteiger partial charge in [0.2, 0.25) is 5.91 Å². The van der Waals surface area contributed by atoms with Crippen molar-refractivity contribution in [2.75, 3.05) is 13.2 Å². The first-order valence-corrected chi connectivity index (χ1v) is 11.8. The summed E-state index contributed by atoms with van der Waals surface area (Å²) in [6.45, 7) is 6.90. The van der Waals surface area contributed by atoms with E-state index >= 15 is 0 Å². The lowest BCUT2D eigenvalue weighted by Gasteiger charge is -2.31. The number of carbonyl (C=O) groups is 2. The molecule has 3 rings (SSSR count). The van der Waals surface area contributed by atoms with E-state index in [1.54, 1.807) is 4.90 Å². The summed E-state index contributed by atoms with van der Waals surface area (Å²) < 4.78 is 5.98. The Morgan fingerprint density at radius 2 is 1.70 bits per heavy atom. The van der Waals surface area contributed by atoms with Gasteiger partial charge in [0, 0.05) is 18.5 Å². The number of fused-ring (bicyclic) bond motifs is 1. The monoisotopic (exact) mass is 446 g/mol. The van der Waals surface area contributed by atoms with Gasteiger partial charge in [-0.15, -0.1) is 0 Å². The fourth-order valence-electron chi connectivity index (χ4n) is 3.94. The van der Waals surface area contributed by atoms with Crippen LogP contribution in [0.5, 0.6) is 5.75 Å². The molecule has 1 atom stereocenters. The molecule has 0 saturated heterocycles. The third kappa shape index (κ3) is 6.35. The molecule has 0 spiro atoms. The number of hydrogen-bond acceptors (Lipinski definition) is 3. The van der Waals surface area contributed by atoms with Crippen molar-refractivity contribution in [3.8, 4) is 5.75 Å². The maximum atomic E-state index is 13.4. The number of nitrogens with one attached hydrogen (secondary N) is 1. The normalized spacial score (nSPS) is 11.7. The van der Waals surface area contributed by atoms with Crippen LogP contribution in [0.3, 0.4) is 0 Å². The molecule has 5 heteroatoms. The standard InChI is InChI=1S/C28H34N2O3/c1-4-6-18-29-28(32)25(5-2)30(19-23-14-8-7-12-21(23)3)27(31)20-33-26-17-11-15-22-13-9-10-16-24(22)26/h7-17,25H,4-6,18-20H2,1-3H3,(H,29,32). The molecule has 0 radical (unpaired) electrons. The Morgan fingerprint density at radius 3 is 2.45 bits per heavy atom. The number of unbranched alkanes of at least 4 members (excludes halogenated alkanes) is 1. The lowest BCUT2D eigenvalue weighted by molar-refractivity contribution is -0.143. The summed E-state index contributed by atoms with van der Waals surface area (Å²) in [5.74, 6) is 0.347. The topological polar surface area (TPSA) is 58.6 Å².